The SMILES string of the molecule is CC(C)(C)[Si](C)(C)OCC1COC(C#Cc2c(N)cncc2F)CN1C(=O)O. The van der Waals surface area contributed by atoms with E-state index in [1.165, 1.54) is 11.1 Å². The van der Waals surface area contributed by atoms with E-state index < -0.39 is 32.4 Å². The number of carbonyl (C=O) groups is 1. The van der Waals surface area contributed by atoms with Crippen LogP contribution in [-0.4, -0.2) is 61.3 Å². The smallest absolute Gasteiger partial charge is 0.407 e. The molecule has 0 aromatic carbocycles. The minimum atomic E-state index is -2.01. The van der Waals surface area contributed by atoms with Crippen LogP contribution < -0.4 is 5.73 Å². The molecule has 0 radical (unpaired) electrons. The Morgan fingerprint density at radius 1 is 1.50 bits per heavy atom. The number of aromatic nitrogens is 1. The number of nitrogen functional groups attached to an aromatic ring is 1. The fourth-order valence-electron chi connectivity index (χ4n) is 2.41. The Kier molecular flexibility index (Phi) is 6.70. The number of carboxylic acid groups (broad SMARTS) is 1. The summed E-state index contributed by atoms with van der Waals surface area (Å²) in [5.74, 6) is 4.78. The van der Waals surface area contributed by atoms with E-state index >= 15 is 0 Å². The summed E-state index contributed by atoms with van der Waals surface area (Å²) >= 11 is 0. The number of anilines is 1. The average molecular weight is 410 g/mol. The van der Waals surface area contributed by atoms with Crippen LogP contribution in [0.15, 0.2) is 12.4 Å². The highest BCUT2D eigenvalue weighted by molar-refractivity contribution is 6.74. The molecule has 7 nitrogen and oxygen atoms in total. The summed E-state index contributed by atoms with van der Waals surface area (Å²) in [6, 6.07) is -0.410. The van der Waals surface area contributed by atoms with Crippen LogP contribution in [0.4, 0.5) is 14.9 Å². The van der Waals surface area contributed by atoms with Crippen molar-refractivity contribution in [1.29, 1.82) is 0 Å². The molecule has 1 amide bonds. The zero-order valence-corrected chi connectivity index (χ0v) is 18.0. The Morgan fingerprint density at radius 3 is 2.75 bits per heavy atom. The van der Waals surface area contributed by atoms with Crippen molar-refractivity contribution in [2.45, 2.75) is 51.0 Å². The Balaban J connectivity index is 2.07. The molecule has 2 rings (SSSR count). The van der Waals surface area contributed by atoms with Crippen LogP contribution in [-0.2, 0) is 9.16 Å². The molecule has 0 saturated carbocycles. The molecule has 28 heavy (non-hydrogen) atoms. The average Bonchev–Trinajstić information content (AvgIpc) is 2.59. The fraction of sp³-hybridized carbons (Fsp3) is 0.579. The van der Waals surface area contributed by atoms with Crippen LogP contribution in [0.1, 0.15) is 26.3 Å². The van der Waals surface area contributed by atoms with Gasteiger partial charge in [-0.1, -0.05) is 32.6 Å². The summed E-state index contributed by atoms with van der Waals surface area (Å²) in [5, 5.41) is 9.61. The van der Waals surface area contributed by atoms with Gasteiger partial charge in [0.25, 0.3) is 0 Å². The molecule has 1 aliphatic rings. The number of halogens is 1. The zero-order chi connectivity index (χ0) is 21.1. The third-order valence-corrected chi connectivity index (χ3v) is 9.77. The molecule has 3 N–H and O–H groups in total. The van der Waals surface area contributed by atoms with Crippen LogP contribution in [0.5, 0.6) is 0 Å². The van der Waals surface area contributed by atoms with Gasteiger partial charge in [0.15, 0.2) is 14.1 Å². The van der Waals surface area contributed by atoms with Crippen molar-refractivity contribution >= 4 is 20.1 Å². The lowest BCUT2D eigenvalue weighted by Crippen LogP contribution is -2.55. The normalized spacial score (nSPS) is 20.4. The van der Waals surface area contributed by atoms with Gasteiger partial charge in [-0.25, -0.2) is 9.18 Å². The second kappa shape index (κ2) is 8.47. The van der Waals surface area contributed by atoms with Crippen molar-refractivity contribution in [2.24, 2.45) is 0 Å². The van der Waals surface area contributed by atoms with Crippen molar-refractivity contribution in [3.05, 3.63) is 23.8 Å². The van der Waals surface area contributed by atoms with E-state index in [0.29, 0.717) is 0 Å². The van der Waals surface area contributed by atoms with Gasteiger partial charge in [-0.3, -0.25) is 9.88 Å². The number of morpholine rings is 1. The molecule has 2 heterocycles. The lowest BCUT2D eigenvalue weighted by atomic mass is 10.1. The first-order valence-corrected chi connectivity index (χ1v) is 12.0. The first-order chi connectivity index (χ1) is 12.9. The van der Waals surface area contributed by atoms with E-state index in [4.69, 9.17) is 14.9 Å². The monoisotopic (exact) mass is 409 g/mol. The van der Waals surface area contributed by atoms with Crippen LogP contribution in [0.25, 0.3) is 0 Å². The summed E-state index contributed by atoms with van der Waals surface area (Å²) in [5.41, 5.74) is 5.84. The number of nitrogens with two attached hydrogens (primary N) is 1. The Morgan fingerprint density at radius 2 is 2.18 bits per heavy atom. The maximum Gasteiger partial charge on any atom is 0.407 e. The van der Waals surface area contributed by atoms with Crippen LogP contribution in [0, 0.1) is 17.7 Å². The van der Waals surface area contributed by atoms with Crippen molar-refractivity contribution in [3.63, 3.8) is 0 Å². The minimum Gasteiger partial charge on any atom is -0.465 e. The van der Waals surface area contributed by atoms with Gasteiger partial charge in [-0.15, -0.1) is 0 Å². The van der Waals surface area contributed by atoms with E-state index in [1.807, 2.05) is 0 Å². The molecule has 0 spiro atoms. The molecule has 9 heteroatoms. The van der Waals surface area contributed by atoms with Crippen molar-refractivity contribution in [1.82, 2.24) is 9.88 Å². The molecular formula is C19H28FN3O4Si. The third-order valence-electron chi connectivity index (χ3n) is 5.27. The number of amides is 1. The first-order valence-electron chi connectivity index (χ1n) is 9.08. The predicted molar refractivity (Wildman–Crippen MR) is 107 cm³/mol. The summed E-state index contributed by atoms with van der Waals surface area (Å²) < 4.78 is 25.6. The van der Waals surface area contributed by atoms with Gasteiger partial charge in [0.2, 0.25) is 0 Å². The summed E-state index contributed by atoms with van der Waals surface area (Å²) in [7, 11) is -2.01. The number of nitrogens with zero attached hydrogens (tertiary/aromatic N) is 2. The van der Waals surface area contributed by atoms with E-state index in [9.17, 15) is 14.3 Å². The molecule has 1 fully saturated rings. The van der Waals surface area contributed by atoms with Crippen molar-refractivity contribution < 1.29 is 23.5 Å². The summed E-state index contributed by atoms with van der Waals surface area (Å²) in [6.07, 6.45) is 0.604. The second-order valence-electron chi connectivity index (χ2n) is 8.34. The van der Waals surface area contributed by atoms with Crippen LogP contribution in [0.3, 0.4) is 0 Å². The molecule has 2 atom stereocenters. The summed E-state index contributed by atoms with van der Waals surface area (Å²) in [6.45, 7) is 11.1. The van der Waals surface area contributed by atoms with E-state index in [-0.39, 0.29) is 36.0 Å². The largest absolute Gasteiger partial charge is 0.465 e. The highest BCUT2D eigenvalue weighted by Crippen LogP contribution is 2.36. The molecule has 0 aliphatic carbocycles. The van der Waals surface area contributed by atoms with E-state index in [1.54, 1.807) is 0 Å². The molecule has 1 aromatic heterocycles. The highest BCUT2D eigenvalue weighted by atomic mass is 28.4. The van der Waals surface area contributed by atoms with Gasteiger partial charge in [0.05, 0.1) is 49.4 Å². The van der Waals surface area contributed by atoms with Gasteiger partial charge in [0.1, 0.15) is 6.10 Å². The Bertz CT molecular complexity index is 765. The quantitative estimate of drug-likeness (QED) is 0.588. The topological polar surface area (TPSA) is 97.9 Å². The van der Waals surface area contributed by atoms with Crippen molar-refractivity contribution in [2.75, 3.05) is 25.5 Å². The molecule has 1 saturated heterocycles. The number of ether oxygens (including phenoxy) is 1. The van der Waals surface area contributed by atoms with Gasteiger partial charge in [0, 0.05) is 0 Å². The van der Waals surface area contributed by atoms with Gasteiger partial charge >= 0.3 is 6.09 Å². The molecule has 1 aromatic rings. The minimum absolute atomic E-state index is 0.0269. The number of hydrogen-bond donors (Lipinski definition) is 2. The predicted octanol–water partition coefficient (Wildman–Crippen LogP) is 2.92. The van der Waals surface area contributed by atoms with E-state index in [2.05, 4.69) is 50.7 Å². The lowest BCUT2D eigenvalue weighted by Gasteiger charge is -2.41. The number of pyridine rings is 1. The highest BCUT2D eigenvalue weighted by Gasteiger charge is 2.39. The third kappa shape index (κ3) is 5.22. The second-order valence-corrected chi connectivity index (χ2v) is 13.1. The molecule has 0 bridgehead atoms. The van der Waals surface area contributed by atoms with Crippen LogP contribution in [0.2, 0.25) is 18.1 Å². The number of rotatable bonds is 3. The van der Waals surface area contributed by atoms with Gasteiger partial charge in [-0.05, 0) is 18.1 Å². The molecular weight excluding hydrogens is 381 g/mol. The van der Waals surface area contributed by atoms with Crippen molar-refractivity contribution in [3.8, 4) is 11.8 Å². The lowest BCUT2D eigenvalue weighted by molar-refractivity contribution is -0.0424. The molecule has 154 valence electrons. The maximum atomic E-state index is 13.8. The number of hydrogen-bond acceptors (Lipinski definition) is 5. The maximum absolute atomic E-state index is 13.8. The van der Waals surface area contributed by atoms with Gasteiger partial charge in [-0.2, -0.15) is 0 Å². The zero-order valence-electron chi connectivity index (χ0n) is 17.0. The fourth-order valence-corrected chi connectivity index (χ4v) is 3.45. The molecule has 2 unspecified atom stereocenters. The first kappa shape index (κ1) is 22.1. The molecule has 1 aliphatic heterocycles. The summed E-state index contributed by atoms with van der Waals surface area (Å²) in [4.78, 5) is 16.6. The standard InChI is InChI=1S/C19H28FN3O4Si/c1-19(2,3)28(4,5)27-12-13-11-26-14(10-23(13)18(24)25)6-7-15-16(20)8-22-9-17(15)21/h8-9,13-14H,10-12,21H2,1-5H3,(H,24,25). The van der Waals surface area contributed by atoms with Crippen LogP contribution >= 0.6 is 0 Å². The Hall–Kier alpha value is -2.15. The Labute approximate surface area is 166 Å². The van der Waals surface area contributed by atoms with Gasteiger partial charge < -0.3 is 20.0 Å². The van der Waals surface area contributed by atoms with E-state index in [0.717, 1.165) is 6.20 Å².